The van der Waals surface area contributed by atoms with Gasteiger partial charge in [-0.15, -0.1) is 0 Å². The number of carboxylic acids is 1. The summed E-state index contributed by atoms with van der Waals surface area (Å²) in [5, 5.41) is 11.7. The van der Waals surface area contributed by atoms with Crippen LogP contribution in [0.2, 0.25) is 0 Å². The zero-order valence-electron chi connectivity index (χ0n) is 9.72. The van der Waals surface area contributed by atoms with Crippen LogP contribution in [0.25, 0.3) is 0 Å². The average Bonchev–Trinajstić information content (AvgIpc) is 2.18. The molecule has 2 fully saturated rings. The summed E-state index contributed by atoms with van der Waals surface area (Å²) in [7, 11) is 2.22. The maximum Gasteiger partial charge on any atom is 0.329 e. The van der Waals surface area contributed by atoms with E-state index in [-0.39, 0.29) is 0 Å². The number of carbonyl (C=O) groups is 1. The van der Waals surface area contributed by atoms with E-state index >= 15 is 0 Å². The molecule has 2 unspecified atom stereocenters. The third-order valence-corrected chi connectivity index (χ3v) is 3.90. The molecule has 2 rings (SSSR count). The second-order valence-electron chi connectivity index (χ2n) is 4.91. The van der Waals surface area contributed by atoms with Crippen molar-refractivity contribution in [3.63, 3.8) is 0 Å². The Balaban J connectivity index is 1.87. The van der Waals surface area contributed by atoms with E-state index in [1.54, 1.807) is 6.20 Å². The molecular weight excluding hydrogens is 204 g/mol. The summed E-state index contributed by atoms with van der Waals surface area (Å²) < 4.78 is 0. The fourth-order valence-electron chi connectivity index (χ4n) is 3.01. The highest BCUT2D eigenvalue weighted by atomic mass is 16.4. The van der Waals surface area contributed by atoms with Crippen LogP contribution in [0.5, 0.6) is 0 Å². The molecule has 2 saturated heterocycles. The molecule has 2 aliphatic heterocycles. The van der Waals surface area contributed by atoms with Crippen molar-refractivity contribution in [2.75, 3.05) is 7.05 Å². The fourth-order valence-corrected chi connectivity index (χ4v) is 3.01. The van der Waals surface area contributed by atoms with Gasteiger partial charge in [0.2, 0.25) is 0 Å². The molecule has 2 atom stereocenters. The first-order valence-corrected chi connectivity index (χ1v) is 6.04. The van der Waals surface area contributed by atoms with E-state index in [1.807, 2.05) is 0 Å². The van der Waals surface area contributed by atoms with Crippen LogP contribution in [0.1, 0.15) is 32.1 Å². The quantitative estimate of drug-likeness (QED) is 0.707. The van der Waals surface area contributed by atoms with Gasteiger partial charge in [-0.3, -0.25) is 0 Å². The van der Waals surface area contributed by atoms with E-state index in [0.717, 1.165) is 12.8 Å². The molecule has 0 spiro atoms. The molecule has 90 valence electrons. The first kappa shape index (κ1) is 11.5. The van der Waals surface area contributed by atoms with Crippen molar-refractivity contribution in [3.05, 3.63) is 12.3 Å². The third kappa shape index (κ3) is 2.55. The highest BCUT2D eigenvalue weighted by Gasteiger charge is 2.35. The maximum atomic E-state index is 10.4. The lowest BCUT2D eigenvalue weighted by molar-refractivity contribution is -0.131. The van der Waals surface area contributed by atoms with Crippen LogP contribution in [0.15, 0.2) is 12.3 Å². The fraction of sp³-hybridized carbons (Fsp3) is 0.750. The van der Waals surface area contributed by atoms with Gasteiger partial charge in [-0.05, 0) is 32.7 Å². The van der Waals surface area contributed by atoms with Crippen LogP contribution in [0.4, 0.5) is 0 Å². The molecule has 2 aliphatic rings. The van der Waals surface area contributed by atoms with E-state index in [0.29, 0.717) is 18.1 Å². The van der Waals surface area contributed by atoms with Gasteiger partial charge in [0.25, 0.3) is 0 Å². The summed E-state index contributed by atoms with van der Waals surface area (Å²) in [4.78, 5) is 12.9. The van der Waals surface area contributed by atoms with Gasteiger partial charge >= 0.3 is 5.97 Å². The zero-order valence-corrected chi connectivity index (χ0v) is 9.72. The topological polar surface area (TPSA) is 52.6 Å². The molecule has 4 nitrogen and oxygen atoms in total. The Morgan fingerprint density at radius 3 is 2.56 bits per heavy atom. The number of aliphatic carboxylic acids is 1. The number of piperidine rings is 2. The lowest BCUT2D eigenvalue weighted by Gasteiger charge is -2.47. The van der Waals surface area contributed by atoms with Crippen molar-refractivity contribution >= 4 is 5.97 Å². The van der Waals surface area contributed by atoms with Gasteiger partial charge in [0, 0.05) is 30.4 Å². The van der Waals surface area contributed by atoms with Gasteiger partial charge in [-0.2, -0.15) is 0 Å². The summed E-state index contributed by atoms with van der Waals surface area (Å²) in [5.41, 5.74) is 0. The number of rotatable bonds is 3. The van der Waals surface area contributed by atoms with Gasteiger partial charge < -0.3 is 15.3 Å². The first-order valence-electron chi connectivity index (χ1n) is 6.04. The minimum absolute atomic E-state index is 0.446. The lowest BCUT2D eigenvalue weighted by atomic mass is 9.82. The summed E-state index contributed by atoms with van der Waals surface area (Å²) in [6, 6.07) is 1.81. The minimum Gasteiger partial charge on any atom is -0.478 e. The standard InChI is InChI=1S/C12H20N2O2/c1-14-10-3-2-4-11(14)8-9(7-10)13-6-5-12(15)16/h5-6,9-11,13H,2-4,7-8H2,1H3,(H,15,16)/b6-5+. The smallest absolute Gasteiger partial charge is 0.329 e. The van der Waals surface area contributed by atoms with Gasteiger partial charge in [-0.25, -0.2) is 4.79 Å². The average molecular weight is 224 g/mol. The van der Waals surface area contributed by atoms with Crippen LogP contribution in [0, 0.1) is 0 Å². The summed E-state index contributed by atoms with van der Waals surface area (Å²) in [5.74, 6) is -0.888. The predicted molar refractivity (Wildman–Crippen MR) is 62.1 cm³/mol. The van der Waals surface area contributed by atoms with Crippen molar-refractivity contribution in [2.24, 2.45) is 0 Å². The normalized spacial score (nSPS) is 35.2. The zero-order chi connectivity index (χ0) is 11.5. The minimum atomic E-state index is -0.888. The number of fused-ring (bicyclic) bond motifs is 2. The lowest BCUT2D eigenvalue weighted by Crippen LogP contribution is -2.53. The molecule has 0 aromatic rings. The maximum absolute atomic E-state index is 10.4. The van der Waals surface area contributed by atoms with E-state index < -0.39 is 5.97 Å². The van der Waals surface area contributed by atoms with Gasteiger partial charge in [0.1, 0.15) is 0 Å². The number of nitrogens with zero attached hydrogens (tertiary/aromatic N) is 1. The van der Waals surface area contributed by atoms with Gasteiger partial charge in [0.15, 0.2) is 0 Å². The Morgan fingerprint density at radius 1 is 1.38 bits per heavy atom. The number of hydrogen-bond acceptors (Lipinski definition) is 3. The molecule has 0 saturated carbocycles. The van der Waals surface area contributed by atoms with Crippen LogP contribution in [0.3, 0.4) is 0 Å². The molecule has 0 aromatic heterocycles. The largest absolute Gasteiger partial charge is 0.478 e. The van der Waals surface area contributed by atoms with E-state index in [1.165, 1.54) is 25.3 Å². The highest BCUT2D eigenvalue weighted by Crippen LogP contribution is 2.32. The van der Waals surface area contributed by atoms with Crippen LogP contribution in [-0.4, -0.2) is 41.1 Å². The highest BCUT2D eigenvalue weighted by molar-refractivity contribution is 5.79. The monoisotopic (exact) mass is 224 g/mol. The number of hydrogen-bond donors (Lipinski definition) is 2. The van der Waals surface area contributed by atoms with E-state index in [2.05, 4.69) is 17.3 Å². The number of nitrogens with one attached hydrogen (secondary N) is 1. The van der Waals surface area contributed by atoms with Crippen molar-refractivity contribution < 1.29 is 9.90 Å². The molecule has 0 amide bonds. The van der Waals surface area contributed by atoms with Crippen molar-refractivity contribution in [2.45, 2.75) is 50.2 Å². The Labute approximate surface area is 96.3 Å². The molecule has 0 aliphatic carbocycles. The van der Waals surface area contributed by atoms with Crippen LogP contribution in [-0.2, 0) is 4.79 Å². The van der Waals surface area contributed by atoms with Crippen LogP contribution >= 0.6 is 0 Å². The molecule has 16 heavy (non-hydrogen) atoms. The Bertz CT molecular complexity index is 277. The van der Waals surface area contributed by atoms with E-state index in [4.69, 9.17) is 5.11 Å². The molecular formula is C12H20N2O2. The van der Waals surface area contributed by atoms with Crippen molar-refractivity contribution in [3.8, 4) is 0 Å². The second-order valence-corrected chi connectivity index (χ2v) is 4.91. The molecule has 0 radical (unpaired) electrons. The molecule has 0 aromatic carbocycles. The molecule has 2 heterocycles. The van der Waals surface area contributed by atoms with Crippen LogP contribution < -0.4 is 5.32 Å². The van der Waals surface area contributed by atoms with Crippen molar-refractivity contribution in [1.29, 1.82) is 0 Å². The summed E-state index contributed by atoms with van der Waals surface area (Å²) in [6.07, 6.45) is 8.94. The predicted octanol–water partition coefficient (Wildman–Crippen LogP) is 1.19. The Morgan fingerprint density at radius 2 is 2.00 bits per heavy atom. The summed E-state index contributed by atoms with van der Waals surface area (Å²) >= 11 is 0. The SMILES string of the molecule is CN1C2CCCC1CC(N/C=C/C(=O)O)C2. The molecule has 2 bridgehead atoms. The van der Waals surface area contributed by atoms with Gasteiger partial charge in [-0.1, -0.05) is 6.42 Å². The first-order chi connectivity index (χ1) is 7.66. The Hall–Kier alpha value is -1.03. The Kier molecular flexibility index (Phi) is 3.49. The molecule has 2 N–H and O–H groups in total. The third-order valence-electron chi connectivity index (χ3n) is 3.90. The van der Waals surface area contributed by atoms with Crippen molar-refractivity contribution in [1.82, 2.24) is 10.2 Å². The van der Waals surface area contributed by atoms with Gasteiger partial charge in [0.05, 0.1) is 0 Å². The van der Waals surface area contributed by atoms with E-state index in [9.17, 15) is 4.79 Å². The second kappa shape index (κ2) is 4.87. The molecule has 4 heteroatoms. The number of carboxylic acid groups (broad SMARTS) is 1. The summed E-state index contributed by atoms with van der Waals surface area (Å²) in [6.45, 7) is 0.